The Morgan fingerprint density at radius 3 is 2.38 bits per heavy atom. The van der Waals surface area contributed by atoms with E-state index >= 15 is 0 Å². The standard InChI is InChI=1S/C17H21FN2O/c18-16-3-1-4-17(11-16)20(10-2-9-19)12-14-5-7-15(13-21)8-6-14/h1,3-8,11,21H,2,9-10,12-13,19H2. The third-order valence-corrected chi connectivity index (χ3v) is 3.38. The molecule has 2 rings (SSSR count). The summed E-state index contributed by atoms with van der Waals surface area (Å²) >= 11 is 0. The van der Waals surface area contributed by atoms with E-state index in [2.05, 4.69) is 4.90 Å². The highest BCUT2D eigenvalue weighted by atomic mass is 19.1. The van der Waals surface area contributed by atoms with E-state index in [1.54, 1.807) is 12.1 Å². The van der Waals surface area contributed by atoms with Crippen LogP contribution in [-0.4, -0.2) is 18.2 Å². The first-order chi connectivity index (χ1) is 10.2. The second-order valence-electron chi connectivity index (χ2n) is 5.02. The van der Waals surface area contributed by atoms with Gasteiger partial charge in [-0.1, -0.05) is 30.3 Å². The molecule has 0 fully saturated rings. The molecule has 2 aromatic carbocycles. The maximum absolute atomic E-state index is 13.4. The van der Waals surface area contributed by atoms with Gasteiger partial charge < -0.3 is 15.7 Å². The fourth-order valence-electron chi connectivity index (χ4n) is 2.22. The van der Waals surface area contributed by atoms with Crippen LogP contribution >= 0.6 is 0 Å². The third-order valence-electron chi connectivity index (χ3n) is 3.38. The van der Waals surface area contributed by atoms with Crippen LogP contribution in [-0.2, 0) is 13.2 Å². The van der Waals surface area contributed by atoms with Crippen LogP contribution in [0.3, 0.4) is 0 Å². The van der Waals surface area contributed by atoms with Crippen molar-refractivity contribution in [2.24, 2.45) is 5.73 Å². The molecule has 0 spiro atoms. The van der Waals surface area contributed by atoms with Crippen molar-refractivity contribution < 1.29 is 9.50 Å². The lowest BCUT2D eigenvalue weighted by atomic mass is 10.1. The van der Waals surface area contributed by atoms with E-state index in [0.29, 0.717) is 13.1 Å². The minimum Gasteiger partial charge on any atom is -0.392 e. The predicted molar refractivity (Wildman–Crippen MR) is 83.5 cm³/mol. The van der Waals surface area contributed by atoms with Gasteiger partial charge in [0.2, 0.25) is 0 Å². The fraction of sp³-hybridized carbons (Fsp3) is 0.294. The SMILES string of the molecule is NCCCN(Cc1ccc(CO)cc1)c1cccc(F)c1. The number of nitrogens with two attached hydrogens (primary N) is 1. The van der Waals surface area contributed by atoms with Gasteiger partial charge in [0, 0.05) is 18.8 Å². The Morgan fingerprint density at radius 1 is 1.05 bits per heavy atom. The van der Waals surface area contributed by atoms with Gasteiger partial charge in [0.25, 0.3) is 0 Å². The maximum Gasteiger partial charge on any atom is 0.125 e. The predicted octanol–water partition coefficient (Wildman–Crippen LogP) is 2.67. The van der Waals surface area contributed by atoms with E-state index in [4.69, 9.17) is 10.8 Å². The Labute approximate surface area is 124 Å². The van der Waals surface area contributed by atoms with Crippen LogP contribution in [0, 0.1) is 5.82 Å². The van der Waals surface area contributed by atoms with Gasteiger partial charge in [-0.3, -0.25) is 0 Å². The number of hydrogen-bond acceptors (Lipinski definition) is 3. The number of aliphatic hydroxyl groups excluding tert-OH is 1. The number of hydrogen-bond donors (Lipinski definition) is 2. The van der Waals surface area contributed by atoms with E-state index in [1.165, 1.54) is 6.07 Å². The largest absolute Gasteiger partial charge is 0.392 e. The van der Waals surface area contributed by atoms with Gasteiger partial charge >= 0.3 is 0 Å². The minimum atomic E-state index is -0.235. The Hall–Kier alpha value is -1.91. The first-order valence-electron chi connectivity index (χ1n) is 7.12. The summed E-state index contributed by atoms with van der Waals surface area (Å²) in [6, 6.07) is 14.4. The molecule has 0 radical (unpaired) electrons. The number of aliphatic hydroxyl groups is 1. The molecule has 0 amide bonds. The zero-order valence-corrected chi connectivity index (χ0v) is 12.0. The van der Waals surface area contributed by atoms with Crippen molar-refractivity contribution in [2.45, 2.75) is 19.6 Å². The lowest BCUT2D eigenvalue weighted by Gasteiger charge is -2.25. The van der Waals surface area contributed by atoms with Crippen molar-refractivity contribution in [2.75, 3.05) is 18.0 Å². The van der Waals surface area contributed by atoms with Crippen molar-refractivity contribution >= 4 is 5.69 Å². The van der Waals surface area contributed by atoms with Crippen molar-refractivity contribution in [1.29, 1.82) is 0 Å². The summed E-state index contributed by atoms with van der Waals surface area (Å²) in [6.45, 7) is 2.12. The average Bonchev–Trinajstić information content (AvgIpc) is 2.52. The van der Waals surface area contributed by atoms with Crippen molar-refractivity contribution in [3.8, 4) is 0 Å². The highest BCUT2D eigenvalue weighted by Gasteiger charge is 2.08. The van der Waals surface area contributed by atoms with Crippen LogP contribution in [0.25, 0.3) is 0 Å². The van der Waals surface area contributed by atoms with Crippen molar-refractivity contribution in [1.82, 2.24) is 0 Å². The van der Waals surface area contributed by atoms with Crippen LogP contribution < -0.4 is 10.6 Å². The van der Waals surface area contributed by atoms with E-state index in [1.807, 2.05) is 30.3 Å². The van der Waals surface area contributed by atoms with E-state index in [9.17, 15) is 4.39 Å². The quantitative estimate of drug-likeness (QED) is 0.823. The third kappa shape index (κ3) is 4.55. The highest BCUT2D eigenvalue weighted by Crippen LogP contribution is 2.19. The first-order valence-corrected chi connectivity index (χ1v) is 7.12. The average molecular weight is 288 g/mol. The molecule has 3 nitrogen and oxygen atoms in total. The molecule has 0 saturated heterocycles. The van der Waals surface area contributed by atoms with Crippen LogP contribution in [0.15, 0.2) is 48.5 Å². The van der Waals surface area contributed by atoms with E-state index in [0.717, 1.165) is 29.8 Å². The molecule has 0 aliphatic heterocycles. The number of rotatable bonds is 7. The van der Waals surface area contributed by atoms with Crippen LogP contribution in [0.4, 0.5) is 10.1 Å². The van der Waals surface area contributed by atoms with Crippen molar-refractivity contribution in [3.63, 3.8) is 0 Å². The number of halogens is 1. The smallest absolute Gasteiger partial charge is 0.125 e. The Morgan fingerprint density at radius 2 is 1.76 bits per heavy atom. The monoisotopic (exact) mass is 288 g/mol. The van der Waals surface area contributed by atoms with Gasteiger partial charge in [-0.05, 0) is 42.3 Å². The summed E-state index contributed by atoms with van der Waals surface area (Å²) in [5.41, 5.74) is 8.45. The Bertz CT molecular complexity index is 557. The summed E-state index contributed by atoms with van der Waals surface area (Å²) < 4.78 is 13.4. The van der Waals surface area contributed by atoms with Crippen LogP contribution in [0.1, 0.15) is 17.5 Å². The number of anilines is 1. The Balaban J connectivity index is 2.15. The summed E-state index contributed by atoms with van der Waals surface area (Å²) in [4.78, 5) is 2.11. The normalized spacial score (nSPS) is 10.6. The lowest BCUT2D eigenvalue weighted by molar-refractivity contribution is 0.282. The molecular weight excluding hydrogens is 267 g/mol. The van der Waals surface area contributed by atoms with Gasteiger partial charge in [0.05, 0.1) is 6.61 Å². The molecule has 3 N–H and O–H groups in total. The molecule has 0 saturated carbocycles. The van der Waals surface area contributed by atoms with E-state index < -0.39 is 0 Å². The molecule has 2 aromatic rings. The van der Waals surface area contributed by atoms with Gasteiger partial charge in [0.15, 0.2) is 0 Å². The summed E-state index contributed by atoms with van der Waals surface area (Å²) in [5, 5.41) is 9.07. The number of nitrogens with zero attached hydrogens (tertiary/aromatic N) is 1. The van der Waals surface area contributed by atoms with Gasteiger partial charge in [0.1, 0.15) is 5.82 Å². The molecule has 0 aliphatic carbocycles. The molecule has 0 heterocycles. The van der Waals surface area contributed by atoms with Crippen LogP contribution in [0.2, 0.25) is 0 Å². The molecule has 0 aliphatic rings. The van der Waals surface area contributed by atoms with Gasteiger partial charge in [-0.25, -0.2) is 4.39 Å². The van der Waals surface area contributed by atoms with Gasteiger partial charge in [-0.15, -0.1) is 0 Å². The van der Waals surface area contributed by atoms with Gasteiger partial charge in [-0.2, -0.15) is 0 Å². The second-order valence-corrected chi connectivity index (χ2v) is 5.02. The molecule has 4 heteroatoms. The molecular formula is C17H21FN2O. The molecule has 112 valence electrons. The summed E-state index contributed by atoms with van der Waals surface area (Å²) in [6.07, 6.45) is 0.852. The molecule has 0 bridgehead atoms. The topological polar surface area (TPSA) is 49.5 Å². The lowest BCUT2D eigenvalue weighted by Crippen LogP contribution is -2.25. The van der Waals surface area contributed by atoms with Crippen molar-refractivity contribution in [3.05, 3.63) is 65.5 Å². The fourth-order valence-corrected chi connectivity index (χ4v) is 2.22. The summed E-state index contributed by atoms with van der Waals surface area (Å²) in [7, 11) is 0. The first kappa shape index (κ1) is 15.5. The zero-order valence-electron chi connectivity index (χ0n) is 12.0. The number of benzene rings is 2. The van der Waals surface area contributed by atoms with Crippen LogP contribution in [0.5, 0.6) is 0 Å². The maximum atomic E-state index is 13.4. The Kier molecular flexibility index (Phi) is 5.72. The molecule has 0 unspecified atom stereocenters. The zero-order chi connectivity index (χ0) is 15.1. The molecule has 0 aromatic heterocycles. The molecule has 21 heavy (non-hydrogen) atoms. The summed E-state index contributed by atoms with van der Waals surface area (Å²) in [5.74, 6) is -0.235. The molecule has 0 atom stereocenters. The highest BCUT2D eigenvalue weighted by molar-refractivity contribution is 5.47. The minimum absolute atomic E-state index is 0.0427. The van der Waals surface area contributed by atoms with E-state index in [-0.39, 0.29) is 12.4 Å². The second kappa shape index (κ2) is 7.76.